The minimum absolute atomic E-state index is 0.590. The van der Waals surface area contributed by atoms with E-state index in [9.17, 15) is 0 Å². The summed E-state index contributed by atoms with van der Waals surface area (Å²) in [5, 5.41) is 4.21. The summed E-state index contributed by atoms with van der Waals surface area (Å²) in [6, 6.07) is 4.88. The van der Waals surface area contributed by atoms with Crippen LogP contribution in [0.2, 0.25) is 20.0 Å². The van der Waals surface area contributed by atoms with Gasteiger partial charge in [-0.3, -0.25) is 0 Å². The van der Waals surface area contributed by atoms with Gasteiger partial charge in [0.25, 0.3) is 0 Å². The molecule has 1 saturated carbocycles. The summed E-state index contributed by atoms with van der Waals surface area (Å²) in [6.07, 6.45) is 6.59. The second-order valence-electron chi connectivity index (χ2n) is 6.29. The van der Waals surface area contributed by atoms with Crippen LogP contribution < -0.4 is 8.90 Å². The molecular formula is C14H23ClN2Sn. The molecule has 1 N–H and O–H groups in total. The van der Waals surface area contributed by atoms with Crippen LogP contribution in [0.5, 0.6) is 0 Å². The van der Waals surface area contributed by atoms with Gasteiger partial charge >= 0.3 is 120 Å². The number of nitrogens with one attached hydrogen (secondary N) is 1. The fourth-order valence-corrected chi connectivity index (χ4v) is 6.18. The molecular weight excluding hydrogens is 350 g/mol. The van der Waals surface area contributed by atoms with Crippen LogP contribution >= 0.6 is 11.6 Å². The van der Waals surface area contributed by atoms with Crippen LogP contribution in [0.15, 0.2) is 12.1 Å². The third-order valence-corrected chi connectivity index (χ3v) is 9.58. The van der Waals surface area contributed by atoms with Crippen molar-refractivity contribution in [3.63, 3.8) is 0 Å². The van der Waals surface area contributed by atoms with Gasteiger partial charge in [0, 0.05) is 0 Å². The van der Waals surface area contributed by atoms with Gasteiger partial charge < -0.3 is 0 Å². The van der Waals surface area contributed by atoms with Gasteiger partial charge in [0.1, 0.15) is 0 Å². The van der Waals surface area contributed by atoms with Crippen molar-refractivity contribution in [2.75, 3.05) is 5.32 Å². The van der Waals surface area contributed by atoms with Crippen molar-refractivity contribution in [2.45, 2.75) is 53.0 Å². The van der Waals surface area contributed by atoms with Crippen molar-refractivity contribution in [1.82, 2.24) is 4.98 Å². The van der Waals surface area contributed by atoms with Gasteiger partial charge in [0.2, 0.25) is 0 Å². The molecule has 1 aliphatic rings. The number of halogens is 1. The Morgan fingerprint density at radius 1 is 1.17 bits per heavy atom. The number of nitrogens with zero attached hydrogens (tertiary/aromatic N) is 1. The molecule has 0 aliphatic heterocycles. The Balaban J connectivity index is 2.14. The second kappa shape index (κ2) is 6.00. The van der Waals surface area contributed by atoms with Crippen LogP contribution in [0.1, 0.15) is 32.1 Å². The van der Waals surface area contributed by atoms with E-state index in [1.807, 2.05) is 0 Å². The van der Waals surface area contributed by atoms with E-state index in [2.05, 4.69) is 37.3 Å². The molecule has 0 spiro atoms. The first-order chi connectivity index (χ1) is 8.45. The Labute approximate surface area is 119 Å². The molecule has 0 unspecified atom stereocenters. The molecule has 1 aromatic heterocycles. The Bertz CT molecular complexity index is 409. The number of hydrogen-bond acceptors (Lipinski definition) is 2. The summed E-state index contributed by atoms with van der Waals surface area (Å²) >= 11 is 4.10. The molecule has 1 aliphatic carbocycles. The van der Waals surface area contributed by atoms with Crippen molar-refractivity contribution >= 4 is 39.4 Å². The predicted octanol–water partition coefficient (Wildman–Crippen LogP) is 4.02. The number of hydrogen-bond donors (Lipinski definition) is 1. The van der Waals surface area contributed by atoms with Crippen LogP contribution in [0.3, 0.4) is 0 Å². The molecule has 4 heteroatoms. The zero-order valence-electron chi connectivity index (χ0n) is 11.6. The zero-order chi connectivity index (χ0) is 13.2. The minimum atomic E-state index is -2.06. The molecule has 0 saturated heterocycles. The first kappa shape index (κ1) is 14.4. The molecule has 100 valence electrons. The predicted molar refractivity (Wildman–Crippen MR) is 82.7 cm³/mol. The third-order valence-electron chi connectivity index (χ3n) is 3.62. The number of pyridine rings is 1. The van der Waals surface area contributed by atoms with Crippen LogP contribution in [0.4, 0.5) is 5.82 Å². The average molecular weight is 374 g/mol. The summed E-state index contributed by atoms with van der Waals surface area (Å²) in [5.41, 5.74) is 0. The second-order valence-corrected chi connectivity index (χ2v) is 21.2. The SMILES string of the molecule is [CH3][Sn]([CH3])([CH3])[c]1cc(Cl)nc(NC2CCCCC2)c1. The van der Waals surface area contributed by atoms with E-state index in [-0.39, 0.29) is 0 Å². The van der Waals surface area contributed by atoms with Gasteiger partial charge in [-0.2, -0.15) is 0 Å². The van der Waals surface area contributed by atoms with E-state index in [1.54, 1.807) is 0 Å². The van der Waals surface area contributed by atoms with Gasteiger partial charge in [-0.05, 0) is 0 Å². The van der Waals surface area contributed by atoms with Gasteiger partial charge in [-0.1, -0.05) is 0 Å². The standard InChI is InChI=1S/C11H14ClN2.3CH3.Sn/c12-10-7-4-8-11(14-10)13-9-5-2-1-3-6-9;;;;/h7-9H,1-3,5-6H2,(H,13,14);3*1H3;. The number of rotatable bonds is 3. The summed E-state index contributed by atoms with van der Waals surface area (Å²) in [7, 11) is 0. The maximum atomic E-state index is 6.16. The van der Waals surface area contributed by atoms with E-state index in [4.69, 9.17) is 11.6 Å². The molecule has 2 nitrogen and oxygen atoms in total. The maximum absolute atomic E-state index is 6.16. The molecule has 0 aromatic carbocycles. The van der Waals surface area contributed by atoms with Gasteiger partial charge in [-0.15, -0.1) is 0 Å². The molecule has 1 aromatic rings. The first-order valence-electron chi connectivity index (χ1n) is 6.90. The number of aromatic nitrogens is 1. The summed E-state index contributed by atoms with van der Waals surface area (Å²) in [5.74, 6) is 0.982. The van der Waals surface area contributed by atoms with Crippen molar-refractivity contribution in [1.29, 1.82) is 0 Å². The van der Waals surface area contributed by atoms with Gasteiger partial charge in [0.05, 0.1) is 0 Å². The molecule has 0 amide bonds. The van der Waals surface area contributed by atoms with Crippen LogP contribution in [-0.2, 0) is 0 Å². The summed E-state index contributed by atoms with van der Waals surface area (Å²) in [6.45, 7) is 0. The molecule has 0 atom stereocenters. The third kappa shape index (κ3) is 4.02. The molecule has 1 heterocycles. The fourth-order valence-electron chi connectivity index (χ4n) is 2.46. The molecule has 0 bridgehead atoms. The van der Waals surface area contributed by atoms with Gasteiger partial charge in [-0.25, -0.2) is 0 Å². The molecule has 18 heavy (non-hydrogen) atoms. The van der Waals surface area contributed by atoms with Crippen molar-refractivity contribution in [3.05, 3.63) is 17.3 Å². The van der Waals surface area contributed by atoms with Crippen LogP contribution in [0, 0.1) is 0 Å². The van der Waals surface area contributed by atoms with E-state index < -0.39 is 18.4 Å². The van der Waals surface area contributed by atoms with E-state index in [0.717, 1.165) is 5.82 Å². The number of anilines is 1. The topological polar surface area (TPSA) is 24.9 Å². The van der Waals surface area contributed by atoms with Crippen LogP contribution in [0.25, 0.3) is 0 Å². The Kier molecular flexibility index (Phi) is 4.81. The molecule has 2 rings (SSSR count). The Morgan fingerprint density at radius 2 is 1.83 bits per heavy atom. The fraction of sp³-hybridized carbons (Fsp3) is 0.643. The quantitative estimate of drug-likeness (QED) is 0.639. The molecule has 1 fully saturated rings. The van der Waals surface area contributed by atoms with Crippen molar-refractivity contribution in [2.24, 2.45) is 0 Å². The van der Waals surface area contributed by atoms with Crippen molar-refractivity contribution < 1.29 is 0 Å². The van der Waals surface area contributed by atoms with E-state index in [1.165, 1.54) is 35.7 Å². The van der Waals surface area contributed by atoms with Gasteiger partial charge in [0.15, 0.2) is 0 Å². The summed E-state index contributed by atoms with van der Waals surface area (Å²) < 4.78 is 1.45. The Morgan fingerprint density at radius 3 is 2.44 bits per heavy atom. The summed E-state index contributed by atoms with van der Waals surface area (Å²) in [4.78, 5) is 11.7. The van der Waals surface area contributed by atoms with E-state index in [0.29, 0.717) is 11.2 Å². The normalized spacial score (nSPS) is 17.8. The monoisotopic (exact) mass is 374 g/mol. The molecule has 0 radical (unpaired) electrons. The Hall–Kier alpha value is 0.0387. The van der Waals surface area contributed by atoms with Crippen LogP contribution in [-0.4, -0.2) is 29.4 Å². The zero-order valence-corrected chi connectivity index (χ0v) is 15.2. The van der Waals surface area contributed by atoms with E-state index >= 15 is 0 Å². The van der Waals surface area contributed by atoms with Crippen molar-refractivity contribution in [3.8, 4) is 0 Å². The average Bonchev–Trinajstić information content (AvgIpc) is 2.28. The first-order valence-corrected chi connectivity index (χ1v) is 17.3.